The third-order valence-electron chi connectivity index (χ3n) is 4.69. The van der Waals surface area contributed by atoms with Crippen molar-refractivity contribution in [3.8, 4) is 0 Å². The minimum absolute atomic E-state index is 0.198. The van der Waals surface area contributed by atoms with Gasteiger partial charge in [-0.2, -0.15) is 0 Å². The molecule has 0 spiro atoms. The second kappa shape index (κ2) is 6.84. The quantitative estimate of drug-likeness (QED) is 0.638. The van der Waals surface area contributed by atoms with E-state index in [4.69, 9.17) is 26.0 Å². The third kappa shape index (κ3) is 4.28. The zero-order chi connectivity index (χ0) is 17.3. The zero-order valence-electron chi connectivity index (χ0n) is 14.2. The first-order valence-corrected chi connectivity index (χ1v) is 8.36. The van der Waals surface area contributed by atoms with Gasteiger partial charge in [-0.15, -0.1) is 0 Å². The summed E-state index contributed by atoms with van der Waals surface area (Å²) < 4.78 is 12.0. The summed E-state index contributed by atoms with van der Waals surface area (Å²) in [4.78, 5) is 10.5. The number of halogens is 1. The largest absolute Gasteiger partial charge is 0.494 e. The van der Waals surface area contributed by atoms with Crippen LogP contribution in [0.5, 0.6) is 0 Å². The predicted octanol–water partition coefficient (Wildman–Crippen LogP) is 3.44. The molecule has 0 aliphatic carbocycles. The number of aryl methyl sites for hydroxylation is 1. The summed E-state index contributed by atoms with van der Waals surface area (Å²) in [5.41, 5.74) is 1.18. The Morgan fingerprint density at radius 3 is 2.30 bits per heavy atom. The molecular formula is C17H24BClO4. The van der Waals surface area contributed by atoms with Crippen LogP contribution in [0.3, 0.4) is 0 Å². The van der Waals surface area contributed by atoms with E-state index in [1.54, 1.807) is 0 Å². The summed E-state index contributed by atoms with van der Waals surface area (Å²) in [6, 6.07) is 5.83. The number of rotatable bonds is 6. The summed E-state index contributed by atoms with van der Waals surface area (Å²) in [7, 11) is -0.418. The summed E-state index contributed by atoms with van der Waals surface area (Å²) in [5, 5.41) is 9.33. The van der Waals surface area contributed by atoms with Crippen LogP contribution in [0.25, 0.3) is 0 Å². The molecule has 1 heterocycles. The fourth-order valence-corrected chi connectivity index (χ4v) is 2.77. The zero-order valence-corrected chi connectivity index (χ0v) is 14.9. The maximum atomic E-state index is 10.5. The molecule has 1 fully saturated rings. The molecule has 0 bridgehead atoms. The van der Waals surface area contributed by atoms with Gasteiger partial charge in [0, 0.05) is 11.4 Å². The first-order chi connectivity index (χ1) is 10.6. The molecular weight excluding hydrogens is 314 g/mol. The van der Waals surface area contributed by atoms with Crippen LogP contribution >= 0.6 is 11.6 Å². The molecule has 0 amide bonds. The van der Waals surface area contributed by atoms with Gasteiger partial charge < -0.3 is 14.4 Å². The van der Waals surface area contributed by atoms with Crippen molar-refractivity contribution in [2.45, 2.75) is 64.6 Å². The molecule has 0 atom stereocenters. The van der Waals surface area contributed by atoms with Gasteiger partial charge >= 0.3 is 13.1 Å². The van der Waals surface area contributed by atoms with Crippen molar-refractivity contribution in [3.05, 3.63) is 28.8 Å². The fourth-order valence-electron chi connectivity index (χ4n) is 2.48. The Bertz CT molecular complexity index is 570. The number of carbonyl (C=O) groups is 1. The molecule has 0 aromatic heterocycles. The van der Waals surface area contributed by atoms with Gasteiger partial charge in [0.1, 0.15) is 0 Å². The van der Waals surface area contributed by atoms with Crippen molar-refractivity contribution >= 4 is 30.2 Å². The highest BCUT2D eigenvalue weighted by molar-refractivity contribution is 6.62. The van der Waals surface area contributed by atoms with E-state index < -0.39 is 13.1 Å². The lowest BCUT2D eigenvalue weighted by atomic mass is 9.78. The highest BCUT2D eigenvalue weighted by atomic mass is 35.5. The second-order valence-electron chi connectivity index (χ2n) is 7.04. The van der Waals surface area contributed by atoms with Gasteiger partial charge in [0.05, 0.1) is 11.2 Å². The van der Waals surface area contributed by atoms with E-state index >= 15 is 0 Å². The van der Waals surface area contributed by atoms with Gasteiger partial charge in [-0.25, -0.2) is 0 Å². The van der Waals surface area contributed by atoms with Crippen LogP contribution in [0.15, 0.2) is 18.2 Å². The van der Waals surface area contributed by atoms with Gasteiger partial charge in [-0.1, -0.05) is 23.7 Å². The molecule has 2 rings (SSSR count). The normalized spacial score (nSPS) is 19.1. The molecule has 1 N–H and O–H groups in total. The lowest BCUT2D eigenvalue weighted by Crippen LogP contribution is -2.41. The smallest absolute Gasteiger partial charge is 0.481 e. The Labute approximate surface area is 143 Å². The van der Waals surface area contributed by atoms with Crippen molar-refractivity contribution in [2.24, 2.45) is 0 Å². The van der Waals surface area contributed by atoms with Crippen molar-refractivity contribution in [1.82, 2.24) is 0 Å². The molecule has 0 saturated carbocycles. The fraction of sp³-hybridized carbons (Fsp3) is 0.588. The van der Waals surface area contributed by atoms with Crippen LogP contribution in [-0.4, -0.2) is 29.4 Å². The first kappa shape index (κ1) is 18.3. The number of hydrogen-bond donors (Lipinski definition) is 1. The molecule has 6 heteroatoms. The van der Waals surface area contributed by atoms with E-state index in [-0.39, 0.29) is 17.6 Å². The predicted molar refractivity (Wildman–Crippen MR) is 92.4 cm³/mol. The summed E-state index contributed by atoms with van der Waals surface area (Å²) >= 11 is 6.36. The Balaban J connectivity index is 2.01. The molecule has 0 unspecified atom stereocenters. The van der Waals surface area contributed by atoms with Crippen LogP contribution < -0.4 is 5.46 Å². The number of unbranched alkanes of at least 4 members (excludes halogenated alkanes) is 1. The first-order valence-electron chi connectivity index (χ1n) is 7.98. The highest BCUT2D eigenvalue weighted by Crippen LogP contribution is 2.36. The van der Waals surface area contributed by atoms with Crippen molar-refractivity contribution < 1.29 is 19.2 Å². The summed E-state index contributed by atoms with van der Waals surface area (Å²) in [6.45, 7) is 8.08. The average molecular weight is 339 g/mol. The summed E-state index contributed by atoms with van der Waals surface area (Å²) in [5.74, 6) is -0.757. The van der Waals surface area contributed by atoms with Gasteiger partial charge in [0.25, 0.3) is 0 Å². The second-order valence-corrected chi connectivity index (χ2v) is 7.45. The van der Waals surface area contributed by atoms with E-state index in [1.807, 2.05) is 45.9 Å². The van der Waals surface area contributed by atoms with Gasteiger partial charge in [0.2, 0.25) is 0 Å². The molecule has 23 heavy (non-hydrogen) atoms. The lowest BCUT2D eigenvalue weighted by molar-refractivity contribution is -0.137. The van der Waals surface area contributed by atoms with Crippen molar-refractivity contribution in [3.63, 3.8) is 0 Å². The van der Waals surface area contributed by atoms with Crippen molar-refractivity contribution in [1.29, 1.82) is 0 Å². The van der Waals surface area contributed by atoms with Crippen LogP contribution in [-0.2, 0) is 20.5 Å². The van der Waals surface area contributed by atoms with Crippen LogP contribution in [0.4, 0.5) is 0 Å². The van der Waals surface area contributed by atoms with Gasteiger partial charge in [-0.05, 0) is 64.1 Å². The molecule has 1 aliphatic rings. The molecule has 1 aliphatic heterocycles. The number of carboxylic acid groups (broad SMARTS) is 1. The van der Waals surface area contributed by atoms with E-state index in [9.17, 15) is 4.79 Å². The van der Waals surface area contributed by atoms with E-state index in [1.165, 1.54) is 0 Å². The topological polar surface area (TPSA) is 55.8 Å². The Hall–Kier alpha value is -1.04. The van der Waals surface area contributed by atoms with Crippen LogP contribution in [0.1, 0.15) is 52.5 Å². The Morgan fingerprint density at radius 1 is 1.17 bits per heavy atom. The number of carboxylic acids is 1. The average Bonchev–Trinajstić information content (AvgIpc) is 2.64. The van der Waals surface area contributed by atoms with Crippen molar-refractivity contribution in [2.75, 3.05) is 0 Å². The Kier molecular flexibility index (Phi) is 5.44. The summed E-state index contributed by atoms with van der Waals surface area (Å²) in [6.07, 6.45) is 2.44. The van der Waals surface area contributed by atoms with E-state index in [0.717, 1.165) is 23.9 Å². The maximum Gasteiger partial charge on any atom is 0.494 e. The molecule has 126 valence electrons. The van der Waals surface area contributed by atoms with Crippen LogP contribution in [0, 0.1) is 0 Å². The van der Waals surface area contributed by atoms with Crippen LogP contribution in [0.2, 0.25) is 5.02 Å². The Morgan fingerprint density at radius 2 is 1.78 bits per heavy atom. The SMILES string of the molecule is CC1(C)OB(c2ccc(CCCCC(=O)O)c(Cl)c2)OC1(C)C. The standard InChI is InChI=1S/C17H24BClO4/c1-16(2)17(3,4)23-18(22-16)13-10-9-12(14(19)11-13)7-5-6-8-15(20)21/h9-11H,5-8H2,1-4H3,(H,20,21). The number of aliphatic carboxylic acids is 1. The minimum Gasteiger partial charge on any atom is -0.481 e. The highest BCUT2D eigenvalue weighted by Gasteiger charge is 2.51. The van der Waals surface area contributed by atoms with E-state index in [2.05, 4.69) is 0 Å². The molecule has 0 radical (unpaired) electrons. The molecule has 1 aromatic carbocycles. The number of hydrogen-bond acceptors (Lipinski definition) is 3. The van der Waals surface area contributed by atoms with Gasteiger partial charge in [-0.3, -0.25) is 4.79 Å². The number of benzene rings is 1. The van der Waals surface area contributed by atoms with Gasteiger partial charge in [0.15, 0.2) is 0 Å². The van der Waals surface area contributed by atoms with E-state index in [0.29, 0.717) is 11.4 Å². The lowest BCUT2D eigenvalue weighted by Gasteiger charge is -2.32. The minimum atomic E-state index is -0.757. The third-order valence-corrected chi connectivity index (χ3v) is 5.04. The monoisotopic (exact) mass is 338 g/mol. The maximum absolute atomic E-state index is 10.5. The molecule has 4 nitrogen and oxygen atoms in total. The molecule has 1 aromatic rings. The molecule has 1 saturated heterocycles.